The highest BCUT2D eigenvalue weighted by Crippen LogP contribution is 2.34. The molecule has 1 aliphatic rings. The lowest BCUT2D eigenvalue weighted by Gasteiger charge is -2.42. The Morgan fingerprint density at radius 1 is 1.53 bits per heavy atom. The third-order valence-electron chi connectivity index (χ3n) is 4.27. The van der Waals surface area contributed by atoms with Gasteiger partial charge in [0.1, 0.15) is 0 Å². The summed E-state index contributed by atoms with van der Waals surface area (Å²) in [5, 5.41) is 0. The van der Waals surface area contributed by atoms with Gasteiger partial charge in [0.25, 0.3) is 0 Å². The second kappa shape index (κ2) is 5.26. The zero-order valence-electron chi connectivity index (χ0n) is 11.6. The van der Waals surface area contributed by atoms with Crippen molar-refractivity contribution in [2.24, 2.45) is 18.7 Å². The summed E-state index contributed by atoms with van der Waals surface area (Å²) in [6.45, 7) is 2.43. The Bertz CT molecular complexity index is 538. The minimum atomic E-state index is -3.49. The molecule has 3 N–H and O–H groups in total. The van der Waals surface area contributed by atoms with E-state index in [1.54, 1.807) is 30.1 Å². The van der Waals surface area contributed by atoms with Crippen molar-refractivity contribution in [2.45, 2.75) is 43.0 Å². The van der Waals surface area contributed by atoms with Gasteiger partial charge < -0.3 is 10.3 Å². The van der Waals surface area contributed by atoms with Crippen molar-refractivity contribution in [3.05, 3.63) is 18.5 Å². The number of nitrogens with two attached hydrogens (primary N) is 1. The highest BCUT2D eigenvalue weighted by atomic mass is 32.2. The molecule has 1 fully saturated rings. The van der Waals surface area contributed by atoms with Crippen LogP contribution in [0, 0.1) is 5.92 Å². The van der Waals surface area contributed by atoms with Crippen LogP contribution in [-0.2, 0) is 17.1 Å². The largest absolute Gasteiger partial charge is 0.356 e. The number of nitrogens with one attached hydrogen (secondary N) is 1. The Morgan fingerprint density at radius 2 is 2.26 bits per heavy atom. The predicted octanol–water partition coefficient (Wildman–Crippen LogP) is 1.21. The molecule has 1 saturated carbocycles. The van der Waals surface area contributed by atoms with Gasteiger partial charge in [-0.2, -0.15) is 0 Å². The van der Waals surface area contributed by atoms with Crippen LogP contribution in [0.25, 0.3) is 0 Å². The normalized spacial score (nSPS) is 28.5. The van der Waals surface area contributed by atoms with Gasteiger partial charge in [0.05, 0.1) is 4.90 Å². The van der Waals surface area contributed by atoms with E-state index in [4.69, 9.17) is 5.73 Å². The maximum Gasteiger partial charge on any atom is 0.242 e. The molecule has 19 heavy (non-hydrogen) atoms. The third kappa shape index (κ3) is 2.85. The molecule has 1 heterocycles. The maximum atomic E-state index is 12.4. The highest BCUT2D eigenvalue weighted by Gasteiger charge is 2.40. The summed E-state index contributed by atoms with van der Waals surface area (Å²) in [6.07, 6.45) is 7.36. The third-order valence-corrected chi connectivity index (χ3v) is 5.81. The predicted molar refractivity (Wildman–Crippen MR) is 75.2 cm³/mol. The monoisotopic (exact) mass is 285 g/mol. The van der Waals surface area contributed by atoms with Gasteiger partial charge in [-0.25, -0.2) is 13.1 Å². The van der Waals surface area contributed by atoms with E-state index in [1.807, 2.05) is 0 Å². The van der Waals surface area contributed by atoms with Gasteiger partial charge in [-0.1, -0.05) is 19.8 Å². The first kappa shape index (κ1) is 14.6. The molecule has 2 unspecified atom stereocenters. The molecule has 0 amide bonds. The lowest BCUT2D eigenvalue weighted by atomic mass is 9.74. The van der Waals surface area contributed by atoms with Crippen molar-refractivity contribution in [3.63, 3.8) is 0 Å². The second-order valence-electron chi connectivity index (χ2n) is 5.63. The van der Waals surface area contributed by atoms with Gasteiger partial charge in [-0.3, -0.25) is 0 Å². The summed E-state index contributed by atoms with van der Waals surface area (Å²) in [4.78, 5) is 0.306. The van der Waals surface area contributed by atoms with E-state index in [1.165, 1.54) is 0 Å². The van der Waals surface area contributed by atoms with Crippen molar-refractivity contribution >= 4 is 10.0 Å². The SMILES string of the molecule is CC1CCCCC1(CN)NS(=O)(=O)c1ccn(C)c1. The summed E-state index contributed by atoms with van der Waals surface area (Å²) in [5.41, 5.74) is 5.39. The number of rotatable bonds is 4. The zero-order valence-corrected chi connectivity index (χ0v) is 12.4. The smallest absolute Gasteiger partial charge is 0.242 e. The van der Waals surface area contributed by atoms with E-state index < -0.39 is 15.6 Å². The quantitative estimate of drug-likeness (QED) is 0.873. The molecule has 0 aromatic carbocycles. The fourth-order valence-corrected chi connectivity index (χ4v) is 4.46. The molecular formula is C13H23N3O2S. The number of aryl methyl sites for hydroxylation is 1. The average molecular weight is 285 g/mol. The first-order valence-corrected chi connectivity index (χ1v) is 8.24. The van der Waals surface area contributed by atoms with Crippen LogP contribution in [-0.4, -0.2) is 25.1 Å². The van der Waals surface area contributed by atoms with E-state index in [0.717, 1.165) is 25.7 Å². The first-order chi connectivity index (χ1) is 8.89. The maximum absolute atomic E-state index is 12.4. The van der Waals surface area contributed by atoms with Crippen LogP contribution in [0.3, 0.4) is 0 Å². The summed E-state index contributed by atoms with van der Waals surface area (Å²) >= 11 is 0. The van der Waals surface area contributed by atoms with Gasteiger partial charge >= 0.3 is 0 Å². The minimum Gasteiger partial charge on any atom is -0.356 e. The Morgan fingerprint density at radius 3 is 2.79 bits per heavy atom. The molecule has 0 spiro atoms. The minimum absolute atomic E-state index is 0.268. The molecule has 2 rings (SSSR count). The van der Waals surface area contributed by atoms with E-state index in [0.29, 0.717) is 11.4 Å². The highest BCUT2D eigenvalue weighted by molar-refractivity contribution is 7.89. The molecular weight excluding hydrogens is 262 g/mol. The van der Waals surface area contributed by atoms with Crippen molar-refractivity contribution in [1.82, 2.24) is 9.29 Å². The molecule has 108 valence electrons. The summed E-state index contributed by atoms with van der Waals surface area (Å²) in [5.74, 6) is 0.268. The van der Waals surface area contributed by atoms with Crippen molar-refractivity contribution in [2.75, 3.05) is 6.54 Å². The fraction of sp³-hybridized carbons (Fsp3) is 0.692. The van der Waals surface area contributed by atoms with Crippen molar-refractivity contribution < 1.29 is 8.42 Å². The molecule has 0 bridgehead atoms. The molecule has 6 heteroatoms. The van der Waals surface area contributed by atoms with E-state index in [-0.39, 0.29) is 5.92 Å². The first-order valence-electron chi connectivity index (χ1n) is 6.76. The standard InChI is InChI=1S/C13H23N3O2S/c1-11-5-3-4-7-13(11,10-14)15-19(17,18)12-6-8-16(2)9-12/h6,8-9,11,15H,3-5,7,10,14H2,1-2H3. The molecule has 0 saturated heterocycles. The van der Waals surface area contributed by atoms with Crippen LogP contribution in [0.2, 0.25) is 0 Å². The van der Waals surface area contributed by atoms with Gasteiger partial charge in [-0.05, 0) is 24.8 Å². The van der Waals surface area contributed by atoms with E-state index >= 15 is 0 Å². The van der Waals surface area contributed by atoms with Gasteiger partial charge in [0, 0.05) is 31.5 Å². The summed E-state index contributed by atoms with van der Waals surface area (Å²) < 4.78 is 29.5. The molecule has 0 radical (unpaired) electrons. The van der Waals surface area contributed by atoms with Crippen LogP contribution < -0.4 is 10.5 Å². The van der Waals surface area contributed by atoms with Crippen LogP contribution in [0.1, 0.15) is 32.6 Å². The second-order valence-corrected chi connectivity index (χ2v) is 7.31. The number of hydrogen-bond donors (Lipinski definition) is 2. The topological polar surface area (TPSA) is 77.1 Å². The van der Waals surface area contributed by atoms with Gasteiger partial charge in [-0.15, -0.1) is 0 Å². The van der Waals surface area contributed by atoms with Crippen LogP contribution in [0.4, 0.5) is 0 Å². The van der Waals surface area contributed by atoms with Crippen LogP contribution >= 0.6 is 0 Å². The Kier molecular flexibility index (Phi) is 4.03. The number of nitrogens with zero attached hydrogens (tertiary/aromatic N) is 1. The summed E-state index contributed by atoms with van der Waals surface area (Å²) in [7, 11) is -1.69. The van der Waals surface area contributed by atoms with Gasteiger partial charge in [0.2, 0.25) is 10.0 Å². The zero-order chi connectivity index (χ0) is 14.1. The van der Waals surface area contributed by atoms with Crippen LogP contribution in [0.5, 0.6) is 0 Å². The van der Waals surface area contributed by atoms with E-state index in [9.17, 15) is 8.42 Å². The lowest BCUT2D eigenvalue weighted by molar-refractivity contribution is 0.191. The molecule has 5 nitrogen and oxygen atoms in total. The lowest BCUT2D eigenvalue weighted by Crippen LogP contribution is -2.58. The fourth-order valence-electron chi connectivity index (χ4n) is 2.87. The van der Waals surface area contributed by atoms with Gasteiger partial charge in [0.15, 0.2) is 0 Å². The molecule has 1 aromatic rings. The molecule has 1 aliphatic carbocycles. The van der Waals surface area contributed by atoms with Crippen LogP contribution in [0.15, 0.2) is 23.4 Å². The molecule has 2 atom stereocenters. The molecule has 0 aliphatic heterocycles. The number of aromatic nitrogens is 1. The van der Waals surface area contributed by atoms with Crippen molar-refractivity contribution in [3.8, 4) is 0 Å². The Balaban J connectivity index is 2.27. The average Bonchev–Trinajstić information content (AvgIpc) is 2.80. The Labute approximate surface area is 115 Å². The number of sulfonamides is 1. The van der Waals surface area contributed by atoms with Crippen molar-refractivity contribution in [1.29, 1.82) is 0 Å². The Hall–Kier alpha value is -0.850. The van der Waals surface area contributed by atoms with E-state index in [2.05, 4.69) is 11.6 Å². The number of hydrogen-bond acceptors (Lipinski definition) is 3. The molecule has 1 aromatic heterocycles. The summed E-state index contributed by atoms with van der Waals surface area (Å²) in [6, 6.07) is 1.61.